The molecule has 746 valence electrons. The molecule has 0 spiro atoms. The fraction of sp³-hybridized carbons (Fsp3) is 0.733. The van der Waals surface area contributed by atoms with Crippen LogP contribution in [0.5, 0.6) is 0 Å². The normalized spacial score (nSPS) is 22.5. The Morgan fingerprint density at radius 3 is 0.824 bits per heavy atom. The highest BCUT2D eigenvalue weighted by molar-refractivity contribution is 6.48. The van der Waals surface area contributed by atoms with Gasteiger partial charge in [-0.1, -0.05) is 50.6 Å². The summed E-state index contributed by atoms with van der Waals surface area (Å²) >= 11 is 0. The lowest BCUT2D eigenvalue weighted by Gasteiger charge is -2.38. The van der Waals surface area contributed by atoms with E-state index in [1.807, 2.05) is 0 Å². The van der Waals surface area contributed by atoms with Crippen LogP contribution in [-0.2, 0) is 23.7 Å². The number of rotatable bonds is 30. The van der Waals surface area contributed by atoms with Crippen molar-refractivity contribution in [1.82, 2.24) is 24.5 Å². The summed E-state index contributed by atoms with van der Waals surface area (Å²) in [5.74, 6) is -96.7. The Kier molecular flexibility index (Phi) is 28.3. The van der Waals surface area contributed by atoms with E-state index >= 15 is 0 Å². The van der Waals surface area contributed by atoms with Crippen molar-refractivity contribution < 1.29 is 202 Å². The molecule has 0 aliphatic carbocycles. The molecule has 10 aliphatic heterocycles. The quantitative estimate of drug-likeness (QED) is 0.0627. The first-order chi connectivity index (χ1) is 65.7. The third kappa shape index (κ3) is 24.9. The molecular weight excluding hydrogens is 1870 g/mol. The van der Waals surface area contributed by atoms with E-state index in [4.69, 9.17) is 25.3 Å². The molecular formula is C75H89F36N15O5. The first-order valence-corrected chi connectivity index (χ1v) is 38.0. The Morgan fingerprint density at radius 1 is 0.282 bits per heavy atom. The Labute approximate surface area is 745 Å². The lowest BCUT2D eigenvalue weighted by molar-refractivity contribution is -0.431. The van der Waals surface area contributed by atoms with Crippen molar-refractivity contribution in [1.29, 1.82) is 0 Å². The van der Waals surface area contributed by atoms with E-state index in [2.05, 4.69) is 68.9 Å². The molecule has 20 nitrogen and oxygen atoms in total. The maximum atomic E-state index is 14.0. The summed E-state index contributed by atoms with van der Waals surface area (Å²) in [5.41, 5.74) is -0.153. The molecule has 0 bridgehead atoms. The molecule has 131 heavy (non-hydrogen) atoms. The van der Waals surface area contributed by atoms with Crippen LogP contribution in [0.2, 0.25) is 0 Å². The van der Waals surface area contributed by atoms with Crippen LogP contribution in [0.4, 0.5) is 158 Å². The maximum absolute atomic E-state index is 14.0. The van der Waals surface area contributed by atoms with Crippen molar-refractivity contribution in [3.05, 3.63) is 58.2 Å². The van der Waals surface area contributed by atoms with Crippen LogP contribution >= 0.6 is 0 Å². The SMILES string of the molecule is [2H]C([2H])([2H])N1CCC=C(C2=NCN=C2OC(F)(F)C(F)(F)C(F)(F)C(F)(F)C(C)(F)F)C1.[2H]C([2H])([2H])N1CCC=C(C2=NCN=C2OC(F)(F)C(F)(F)C(F)(F)CCC)C1.[2H]C([2H])([2H])N1CCC=C(C2=NCN=C2OCC(F)(F)C(F)(F)C(F)(F)C(C)(F)F)C1.[2H]C([2H])([2H])N1CCC=C(C2=NCN=C2OCC(F)(F)C(F)(F)C(F)(F)CC)C1.[2H]C([2H])([2H])N1CCC=C(C2=NCN=C2OCCC(F)(F)C(F)(F)C(C)(F)F)C1. The lowest BCUT2D eigenvalue weighted by Crippen LogP contribution is -2.67. The zero-order valence-corrected chi connectivity index (χ0v) is 68.3. The van der Waals surface area contributed by atoms with Gasteiger partial charge in [0.15, 0.2) is 13.2 Å². The minimum absolute atomic E-state index is 0.00137. The molecule has 0 aromatic carbocycles. The summed E-state index contributed by atoms with van der Waals surface area (Å²) < 4.78 is 617. The number of hydrogen-bond donors (Lipinski definition) is 0. The van der Waals surface area contributed by atoms with Crippen molar-refractivity contribution in [2.75, 3.05) is 153 Å². The Hall–Kier alpha value is -8.32. The molecule has 0 atom stereocenters. The lowest BCUT2D eigenvalue weighted by atomic mass is 9.98. The average Bonchev–Trinajstić information content (AvgIpc) is 0.902. The number of hydrogen-bond acceptors (Lipinski definition) is 20. The summed E-state index contributed by atoms with van der Waals surface area (Å²) in [6.07, 6.45) is -8.15. The topological polar surface area (TPSA) is 186 Å². The van der Waals surface area contributed by atoms with Gasteiger partial charge in [0.25, 0.3) is 0 Å². The van der Waals surface area contributed by atoms with Gasteiger partial charge in [-0.3, -0.25) is 25.0 Å². The zero-order valence-electron chi connectivity index (χ0n) is 83.3. The molecule has 0 radical (unpaired) electrons. The first-order valence-electron chi connectivity index (χ1n) is 45.5. The van der Waals surface area contributed by atoms with Crippen molar-refractivity contribution in [3.63, 3.8) is 0 Å². The highest BCUT2D eigenvalue weighted by Crippen LogP contribution is 2.59. The second-order valence-corrected chi connectivity index (χ2v) is 29.6. The summed E-state index contributed by atoms with van der Waals surface area (Å²) in [7, 11) is 0. The molecule has 0 N–H and O–H groups in total. The first kappa shape index (κ1) is 89.2. The van der Waals surface area contributed by atoms with E-state index < -0.39 is 250 Å². The van der Waals surface area contributed by atoms with E-state index in [0.29, 0.717) is 30.9 Å². The van der Waals surface area contributed by atoms with Crippen molar-refractivity contribution >= 4 is 58.0 Å². The van der Waals surface area contributed by atoms with Gasteiger partial charge in [-0.25, -0.2) is 25.0 Å². The molecule has 10 rings (SSSR count). The largest absolute Gasteiger partial charge is 0.476 e. The standard InChI is InChI=1S/C15H15F10N3O.C15H17F8N3O.3C15H19F6N3O/c1-11(16,17)12(18,19)13(20,21)14(22,23)15(24,25)29-10-9(26-7-27-10)8-4-3-5-28(2)6-8;1-12(16,17)14(20,21)15(22,23)13(18,19)7-27-11-10(24-8-25-11)9-4-3-5-26(2)6-9;1-13(16,17)15(20,21)14(18,19)5-7-25-12-11(22-9-23-12)10-4-3-6-24(2)8-10;1-3-13(16,17)15(20,21)14(18,19)8-25-12-11(22-9-23-12)10-5-4-6-24(2)7-10;1-3-6-13(16,17)14(18,19)15(20,21)25-12-11(22-9-23-12)10-5-4-7-24(2)8-10/h4H,3,5-7H2,1-2H3;4H,3,5-8H2,1-2H3;4H,3,5-9H2,1-2H3;2*5H,3-4,6-9H2,1-2H3/i5*2D3. The van der Waals surface area contributed by atoms with Gasteiger partial charge >= 0.3 is 107 Å². The van der Waals surface area contributed by atoms with Crippen LogP contribution in [0.15, 0.2) is 108 Å². The van der Waals surface area contributed by atoms with E-state index in [1.54, 1.807) is 12.2 Å². The second-order valence-electron chi connectivity index (χ2n) is 29.6. The van der Waals surface area contributed by atoms with Crippen LogP contribution in [0.1, 0.15) is 113 Å². The third-order valence-electron chi connectivity index (χ3n) is 19.3. The summed E-state index contributed by atoms with van der Waals surface area (Å²) in [4.78, 5) is 42.1. The van der Waals surface area contributed by atoms with Gasteiger partial charge in [-0.05, 0) is 94.8 Å². The number of nitrogens with zero attached hydrogens (tertiary/aromatic N) is 15. The van der Waals surface area contributed by atoms with Gasteiger partial charge in [0, 0.05) is 120 Å². The van der Waals surface area contributed by atoms with Gasteiger partial charge in [0.2, 0.25) is 29.5 Å². The maximum Gasteiger partial charge on any atom is 0.472 e. The summed E-state index contributed by atoms with van der Waals surface area (Å²) in [5, 5.41) is 0. The predicted molar refractivity (Wildman–Crippen MR) is 406 cm³/mol. The molecule has 0 aromatic rings. The minimum Gasteiger partial charge on any atom is -0.476 e. The fourth-order valence-corrected chi connectivity index (χ4v) is 11.8. The molecule has 0 amide bonds. The number of ether oxygens (including phenoxy) is 5. The van der Waals surface area contributed by atoms with Crippen LogP contribution in [0.3, 0.4) is 0 Å². The van der Waals surface area contributed by atoms with E-state index in [-0.39, 0.29) is 151 Å². The van der Waals surface area contributed by atoms with Gasteiger partial charge in [0.1, 0.15) is 61.9 Å². The van der Waals surface area contributed by atoms with Crippen LogP contribution in [-0.4, -0.2) is 343 Å². The fourth-order valence-electron chi connectivity index (χ4n) is 11.8. The van der Waals surface area contributed by atoms with Crippen LogP contribution in [0, 0.1) is 0 Å². The monoisotopic (exact) mass is 1980 g/mol. The predicted octanol–water partition coefficient (Wildman–Crippen LogP) is 18.4. The average molecular weight is 1980 g/mol. The zero-order chi connectivity index (χ0) is 112. The van der Waals surface area contributed by atoms with Gasteiger partial charge in [0.05, 0.1) is 13.0 Å². The van der Waals surface area contributed by atoms with E-state index in [0.717, 1.165) is 26.5 Å². The third-order valence-corrected chi connectivity index (χ3v) is 19.3. The van der Waals surface area contributed by atoms with Crippen molar-refractivity contribution in [3.8, 4) is 0 Å². The summed E-state index contributed by atoms with van der Waals surface area (Å²) in [6, 6.07) is 0. The molecule has 10 heterocycles. The van der Waals surface area contributed by atoms with Crippen LogP contribution in [0.25, 0.3) is 0 Å². The number of alkyl halides is 36. The van der Waals surface area contributed by atoms with Gasteiger partial charge in [-0.15, -0.1) is 0 Å². The van der Waals surface area contributed by atoms with Crippen molar-refractivity contribution in [2.45, 2.75) is 199 Å². The number of likely N-dealkylation sites (N-methyl/N-ethyl adjacent to an activating group) is 5. The highest BCUT2D eigenvalue weighted by atomic mass is 19.4. The summed E-state index contributed by atoms with van der Waals surface area (Å²) in [6.45, 7) is -19.6. The van der Waals surface area contributed by atoms with Gasteiger partial charge < -0.3 is 48.2 Å². The Morgan fingerprint density at radius 2 is 0.542 bits per heavy atom. The molecule has 0 saturated heterocycles. The van der Waals surface area contributed by atoms with Crippen LogP contribution < -0.4 is 0 Å². The number of aliphatic imine (C=N–C) groups is 10. The minimum atomic E-state index is -7.25. The molecule has 0 fully saturated rings. The Bertz CT molecular complexity index is 5070. The smallest absolute Gasteiger partial charge is 0.472 e. The molecule has 0 unspecified atom stereocenters. The van der Waals surface area contributed by atoms with E-state index in [1.165, 1.54) is 23.1 Å². The number of halogens is 36. The highest BCUT2D eigenvalue weighted by Gasteiger charge is 2.87. The molecule has 10 aliphatic rings. The van der Waals surface area contributed by atoms with Crippen molar-refractivity contribution in [2.24, 2.45) is 49.9 Å². The Balaban J connectivity index is 0.000000279. The second kappa shape index (κ2) is 41.5. The van der Waals surface area contributed by atoms with E-state index in [9.17, 15) is 158 Å². The molecule has 0 saturated carbocycles. The molecule has 56 heteroatoms. The molecule has 0 aromatic heterocycles. The van der Waals surface area contributed by atoms with Gasteiger partial charge in [-0.2, -0.15) is 158 Å².